The van der Waals surface area contributed by atoms with Gasteiger partial charge in [-0.15, -0.1) is 0 Å². The van der Waals surface area contributed by atoms with E-state index < -0.39 is 5.60 Å². The van der Waals surface area contributed by atoms with Gasteiger partial charge in [0.2, 0.25) is 0 Å². The molecule has 1 N–H and O–H groups in total. The van der Waals surface area contributed by atoms with E-state index in [4.69, 9.17) is 5.11 Å². The van der Waals surface area contributed by atoms with Crippen molar-refractivity contribution in [2.75, 3.05) is 14.2 Å². The molecule has 3 nitrogen and oxygen atoms in total. The van der Waals surface area contributed by atoms with Crippen LogP contribution in [0.15, 0.2) is 0 Å². The molecule has 0 rings (SSSR count). The largest absolute Gasteiger partial charge is 0.391 e. The minimum absolute atomic E-state index is 0.0648. The lowest BCUT2D eigenvalue weighted by atomic mass is 10.2. The van der Waals surface area contributed by atoms with Gasteiger partial charge in [0.1, 0.15) is 0 Å². The molecule has 0 atom stereocenters. The Hall–Kier alpha value is -0.120. The lowest BCUT2D eigenvalue weighted by Gasteiger charge is -2.04. The first-order chi connectivity index (χ1) is 4.81. The Balaban J connectivity index is 0. The van der Waals surface area contributed by atoms with Crippen molar-refractivity contribution >= 4 is 0 Å². The number of ether oxygens (including phenoxy) is 2. The minimum atomic E-state index is -0.500. The summed E-state index contributed by atoms with van der Waals surface area (Å²) < 4.78 is 9.35. The van der Waals surface area contributed by atoms with Crippen molar-refractivity contribution in [1.29, 1.82) is 0 Å². The fourth-order valence-electron chi connectivity index (χ4n) is 0.0962. The van der Waals surface area contributed by atoms with Crippen LogP contribution in [0.3, 0.4) is 0 Å². The molecule has 0 aliphatic heterocycles. The van der Waals surface area contributed by atoms with Crippen molar-refractivity contribution in [3.05, 3.63) is 0 Å². The Labute approximate surface area is 69.3 Å². The van der Waals surface area contributed by atoms with Crippen LogP contribution in [0, 0.1) is 0 Å². The summed E-state index contributed by atoms with van der Waals surface area (Å²) in [5.74, 6) is 0. The molecule has 0 fully saturated rings. The predicted molar refractivity (Wildman–Crippen MR) is 45.5 cm³/mol. The lowest BCUT2D eigenvalue weighted by Crippen LogP contribution is -2.10. The van der Waals surface area contributed by atoms with Gasteiger partial charge in [-0.3, -0.25) is 0 Å². The highest BCUT2D eigenvalue weighted by atomic mass is 16.7. The van der Waals surface area contributed by atoms with Crippen molar-refractivity contribution in [3.63, 3.8) is 0 Å². The second-order valence-electron chi connectivity index (χ2n) is 3.21. The molecule has 0 aromatic rings. The van der Waals surface area contributed by atoms with Crippen LogP contribution in [-0.2, 0) is 9.47 Å². The molecule has 0 aromatic carbocycles. The summed E-state index contributed by atoms with van der Waals surface area (Å²) in [5.41, 5.74) is -0.500. The summed E-state index contributed by atoms with van der Waals surface area (Å²) in [4.78, 5) is 0. The van der Waals surface area contributed by atoms with Gasteiger partial charge < -0.3 is 14.6 Å². The molecule has 0 saturated heterocycles. The van der Waals surface area contributed by atoms with Crippen LogP contribution in [0.2, 0.25) is 0 Å². The van der Waals surface area contributed by atoms with Gasteiger partial charge in [0.25, 0.3) is 0 Å². The topological polar surface area (TPSA) is 38.7 Å². The van der Waals surface area contributed by atoms with Crippen LogP contribution in [0.5, 0.6) is 0 Å². The van der Waals surface area contributed by atoms with Gasteiger partial charge in [-0.1, -0.05) is 0 Å². The van der Waals surface area contributed by atoms with E-state index in [2.05, 4.69) is 9.47 Å². The monoisotopic (exact) mass is 164 g/mol. The summed E-state index contributed by atoms with van der Waals surface area (Å²) in [6.45, 7) is 7.06. The van der Waals surface area contributed by atoms with Crippen LogP contribution < -0.4 is 0 Å². The minimum Gasteiger partial charge on any atom is -0.391 e. The molecule has 70 valence electrons. The molecule has 0 heterocycles. The van der Waals surface area contributed by atoms with Crippen LogP contribution in [0.25, 0.3) is 0 Å². The first-order valence-corrected chi connectivity index (χ1v) is 3.59. The van der Waals surface area contributed by atoms with Gasteiger partial charge >= 0.3 is 0 Å². The van der Waals surface area contributed by atoms with Crippen molar-refractivity contribution in [3.8, 4) is 0 Å². The molecular weight excluding hydrogens is 144 g/mol. The summed E-state index contributed by atoms with van der Waals surface area (Å²) in [6.07, 6.45) is -0.0648. The van der Waals surface area contributed by atoms with Gasteiger partial charge in [0.15, 0.2) is 6.29 Å². The SMILES string of the molecule is CC(C)(C)O.COC(C)OC. The maximum atomic E-state index is 8.52. The number of rotatable bonds is 2. The molecule has 0 radical (unpaired) electrons. The molecule has 0 bridgehead atoms. The molecule has 3 heteroatoms. The smallest absolute Gasteiger partial charge is 0.154 e. The maximum absolute atomic E-state index is 8.52. The van der Waals surface area contributed by atoms with Gasteiger partial charge in [0.05, 0.1) is 5.60 Å². The van der Waals surface area contributed by atoms with E-state index in [1.807, 2.05) is 6.92 Å². The number of methoxy groups -OCH3 is 2. The number of aliphatic hydroxyl groups is 1. The predicted octanol–water partition coefficient (Wildman–Crippen LogP) is 1.40. The Kier molecular flexibility index (Phi) is 8.06. The molecule has 0 aromatic heterocycles. The second-order valence-corrected chi connectivity index (χ2v) is 3.21. The van der Waals surface area contributed by atoms with E-state index in [0.717, 1.165) is 0 Å². The quantitative estimate of drug-likeness (QED) is 0.627. The van der Waals surface area contributed by atoms with Gasteiger partial charge in [-0.05, 0) is 27.7 Å². The van der Waals surface area contributed by atoms with E-state index in [0.29, 0.717) is 0 Å². The van der Waals surface area contributed by atoms with Crippen molar-refractivity contribution < 1.29 is 14.6 Å². The summed E-state index contributed by atoms with van der Waals surface area (Å²) in [5, 5.41) is 8.52. The molecule has 0 amide bonds. The zero-order valence-electron chi connectivity index (χ0n) is 8.34. The lowest BCUT2D eigenvalue weighted by molar-refractivity contribution is -0.0877. The third-order valence-corrected chi connectivity index (χ3v) is 0.664. The van der Waals surface area contributed by atoms with E-state index in [1.165, 1.54) is 0 Å². The first kappa shape index (κ1) is 13.5. The van der Waals surface area contributed by atoms with E-state index in [-0.39, 0.29) is 6.29 Å². The second kappa shape index (κ2) is 6.58. The fourth-order valence-corrected chi connectivity index (χ4v) is 0.0962. The first-order valence-electron chi connectivity index (χ1n) is 3.59. The van der Waals surface area contributed by atoms with Gasteiger partial charge in [-0.25, -0.2) is 0 Å². The van der Waals surface area contributed by atoms with Crippen LogP contribution in [-0.4, -0.2) is 31.2 Å². The van der Waals surface area contributed by atoms with Crippen molar-refractivity contribution in [2.45, 2.75) is 39.6 Å². The fraction of sp³-hybridized carbons (Fsp3) is 1.00. The highest BCUT2D eigenvalue weighted by Gasteiger charge is 1.97. The average molecular weight is 164 g/mol. The van der Waals surface area contributed by atoms with Gasteiger partial charge in [0, 0.05) is 14.2 Å². The molecule has 0 saturated carbocycles. The summed E-state index contributed by atoms with van der Waals surface area (Å²) in [6, 6.07) is 0. The van der Waals surface area contributed by atoms with Crippen molar-refractivity contribution in [2.24, 2.45) is 0 Å². The van der Waals surface area contributed by atoms with Crippen LogP contribution in [0.1, 0.15) is 27.7 Å². The maximum Gasteiger partial charge on any atom is 0.154 e. The normalized spacial score (nSPS) is 10.9. The average Bonchev–Trinajstić information content (AvgIpc) is 1.83. The third kappa shape index (κ3) is 40.8. The Bertz CT molecular complexity index is 65.9. The number of hydrogen-bond donors (Lipinski definition) is 1. The van der Waals surface area contributed by atoms with Crippen molar-refractivity contribution in [1.82, 2.24) is 0 Å². The zero-order chi connectivity index (χ0) is 9.49. The highest BCUT2D eigenvalue weighted by Crippen LogP contribution is 1.93. The molecule has 0 spiro atoms. The third-order valence-electron chi connectivity index (χ3n) is 0.664. The van der Waals surface area contributed by atoms with E-state index in [1.54, 1.807) is 35.0 Å². The zero-order valence-corrected chi connectivity index (χ0v) is 8.34. The molecule has 0 unspecified atom stereocenters. The Morgan fingerprint density at radius 1 is 1.09 bits per heavy atom. The van der Waals surface area contributed by atoms with Crippen LogP contribution >= 0.6 is 0 Å². The van der Waals surface area contributed by atoms with E-state index in [9.17, 15) is 0 Å². The van der Waals surface area contributed by atoms with E-state index >= 15 is 0 Å². The summed E-state index contributed by atoms with van der Waals surface area (Å²) in [7, 11) is 3.21. The highest BCUT2D eigenvalue weighted by molar-refractivity contribution is 4.50. The molecular formula is C8H20O3. The number of hydrogen-bond acceptors (Lipinski definition) is 3. The molecule has 0 aliphatic rings. The summed E-state index contributed by atoms with van der Waals surface area (Å²) >= 11 is 0. The van der Waals surface area contributed by atoms with Crippen LogP contribution in [0.4, 0.5) is 0 Å². The Morgan fingerprint density at radius 2 is 1.27 bits per heavy atom. The standard InChI is InChI=1S/C4H10O2.C4H10O/c1-4(5-2)6-3;1-4(2,3)5/h4H,1-3H3;5H,1-3H3. The van der Waals surface area contributed by atoms with Gasteiger partial charge in [-0.2, -0.15) is 0 Å². The Morgan fingerprint density at radius 3 is 1.27 bits per heavy atom. The molecule has 0 aliphatic carbocycles. The molecule has 11 heavy (non-hydrogen) atoms.